The highest BCUT2D eigenvalue weighted by atomic mass is 32.2. The van der Waals surface area contributed by atoms with Gasteiger partial charge in [0.05, 0.1) is 4.90 Å². The van der Waals surface area contributed by atoms with Crippen LogP contribution in [0.15, 0.2) is 23.1 Å². The van der Waals surface area contributed by atoms with Gasteiger partial charge in [-0.3, -0.25) is 4.21 Å². The zero-order valence-electron chi connectivity index (χ0n) is 10.1. The van der Waals surface area contributed by atoms with Crippen LogP contribution < -0.4 is 9.47 Å². The lowest BCUT2D eigenvalue weighted by molar-refractivity contribution is 0.174. The van der Waals surface area contributed by atoms with Gasteiger partial charge >= 0.3 is 0 Å². The van der Waals surface area contributed by atoms with Gasteiger partial charge in [0.15, 0.2) is 11.5 Å². The van der Waals surface area contributed by atoms with Crippen LogP contribution in [0, 0.1) is 0 Å². The number of rotatable bonds is 2. The summed E-state index contributed by atoms with van der Waals surface area (Å²) in [7, 11) is -4.45. The van der Waals surface area contributed by atoms with Gasteiger partial charge in [-0.1, -0.05) is 0 Å². The highest BCUT2D eigenvalue weighted by Gasteiger charge is 2.29. The molecule has 104 valence electrons. The van der Waals surface area contributed by atoms with Crippen LogP contribution in [0.1, 0.15) is 0 Å². The zero-order chi connectivity index (χ0) is 13.5. The van der Waals surface area contributed by atoms with Crippen LogP contribution >= 0.6 is 0 Å². The molecule has 1 aromatic rings. The summed E-state index contributed by atoms with van der Waals surface area (Å²) < 4.78 is 47.8. The van der Waals surface area contributed by atoms with Crippen molar-refractivity contribution in [1.29, 1.82) is 0 Å². The fraction of sp³-hybridized carbons (Fsp3) is 0.455. The van der Waals surface area contributed by atoms with Crippen LogP contribution in [-0.2, 0) is 20.8 Å². The molecule has 3 rings (SSSR count). The lowest BCUT2D eigenvalue weighted by Crippen LogP contribution is -2.41. The largest absolute Gasteiger partial charge is 0.454 e. The Hall–Kier alpha value is -1.12. The predicted molar refractivity (Wildman–Crippen MR) is 69.2 cm³/mol. The first kappa shape index (κ1) is 12.9. The van der Waals surface area contributed by atoms with E-state index >= 15 is 0 Å². The summed E-state index contributed by atoms with van der Waals surface area (Å²) in [5, 5.41) is 0. The fourth-order valence-electron chi connectivity index (χ4n) is 2.05. The molecule has 0 amide bonds. The van der Waals surface area contributed by atoms with Crippen LogP contribution in [-0.4, -0.2) is 48.3 Å². The maximum absolute atomic E-state index is 12.4. The Bertz CT molecular complexity index is 618. The maximum Gasteiger partial charge on any atom is 0.243 e. The Kier molecular flexibility index (Phi) is 3.23. The van der Waals surface area contributed by atoms with Crippen molar-refractivity contribution in [2.75, 3.05) is 31.4 Å². The summed E-state index contributed by atoms with van der Waals surface area (Å²) in [5.74, 6) is 1.79. The molecule has 0 N–H and O–H groups in total. The van der Waals surface area contributed by atoms with Gasteiger partial charge in [-0.15, -0.1) is 0 Å². The van der Waals surface area contributed by atoms with E-state index in [1.165, 1.54) is 16.4 Å². The van der Waals surface area contributed by atoms with E-state index in [-0.39, 0.29) is 11.7 Å². The van der Waals surface area contributed by atoms with Crippen LogP contribution in [0.5, 0.6) is 11.5 Å². The molecule has 1 saturated heterocycles. The number of fused-ring (bicyclic) bond motifs is 1. The summed E-state index contributed by atoms with van der Waals surface area (Å²) in [6, 6.07) is 4.58. The summed E-state index contributed by atoms with van der Waals surface area (Å²) in [6.45, 7) is 0.703. The van der Waals surface area contributed by atoms with Crippen molar-refractivity contribution >= 4 is 20.8 Å². The number of hydrogen-bond donors (Lipinski definition) is 0. The average Bonchev–Trinajstić information content (AvgIpc) is 2.86. The number of hydrogen-bond acceptors (Lipinski definition) is 5. The molecule has 1 aromatic carbocycles. The Morgan fingerprint density at radius 2 is 1.79 bits per heavy atom. The lowest BCUT2D eigenvalue weighted by Gasteiger charge is -2.25. The first-order chi connectivity index (χ1) is 9.07. The second-order valence-electron chi connectivity index (χ2n) is 4.27. The third-order valence-electron chi connectivity index (χ3n) is 3.12. The van der Waals surface area contributed by atoms with Crippen molar-refractivity contribution in [3.63, 3.8) is 0 Å². The molecule has 19 heavy (non-hydrogen) atoms. The standard InChI is InChI=1S/C11H13NO5S2/c13-18-5-3-12(4-6-18)19(14,15)9-1-2-10-11(7-9)17-8-16-10/h1-2,7H,3-6,8H2. The van der Waals surface area contributed by atoms with Gasteiger partial charge in [0.25, 0.3) is 0 Å². The minimum atomic E-state index is -3.54. The normalized spacial score (nSPS) is 20.6. The molecule has 1 fully saturated rings. The SMILES string of the molecule is O=S1CCN(S(=O)(=O)c2ccc3c(c2)OCO3)CC1. The summed E-state index contributed by atoms with van der Waals surface area (Å²) in [4.78, 5) is 0.185. The van der Waals surface area contributed by atoms with Gasteiger partial charge in [-0.2, -0.15) is 4.31 Å². The Balaban J connectivity index is 1.90. The molecule has 6 nitrogen and oxygen atoms in total. The molecule has 0 atom stereocenters. The van der Waals surface area contributed by atoms with Crippen LogP contribution in [0.4, 0.5) is 0 Å². The minimum absolute atomic E-state index is 0.113. The molecule has 2 aliphatic rings. The van der Waals surface area contributed by atoms with Crippen molar-refractivity contribution in [3.8, 4) is 11.5 Å². The van der Waals surface area contributed by atoms with Crippen LogP contribution in [0.3, 0.4) is 0 Å². The molecule has 0 saturated carbocycles. The van der Waals surface area contributed by atoms with Gasteiger partial charge in [0.1, 0.15) is 0 Å². The molecule has 0 aliphatic carbocycles. The van der Waals surface area contributed by atoms with Crippen LogP contribution in [0.2, 0.25) is 0 Å². The molecule has 0 radical (unpaired) electrons. The molecular weight excluding hydrogens is 290 g/mol. The number of ether oxygens (including phenoxy) is 2. The number of nitrogens with zero attached hydrogens (tertiary/aromatic N) is 1. The third-order valence-corrected chi connectivity index (χ3v) is 6.29. The fourth-order valence-corrected chi connectivity index (χ4v) is 4.79. The van der Waals surface area contributed by atoms with E-state index in [4.69, 9.17) is 9.47 Å². The van der Waals surface area contributed by atoms with Crippen molar-refractivity contribution in [2.24, 2.45) is 0 Å². The lowest BCUT2D eigenvalue weighted by atomic mass is 10.3. The molecule has 0 spiro atoms. The topological polar surface area (TPSA) is 72.9 Å². The van der Waals surface area contributed by atoms with Crippen LogP contribution in [0.25, 0.3) is 0 Å². The highest BCUT2D eigenvalue weighted by Crippen LogP contribution is 2.34. The van der Waals surface area contributed by atoms with E-state index < -0.39 is 20.8 Å². The monoisotopic (exact) mass is 303 g/mol. The minimum Gasteiger partial charge on any atom is -0.454 e. The molecule has 2 heterocycles. The number of benzene rings is 1. The van der Waals surface area contributed by atoms with Crippen molar-refractivity contribution in [3.05, 3.63) is 18.2 Å². The van der Waals surface area contributed by atoms with E-state index in [0.717, 1.165) is 0 Å². The van der Waals surface area contributed by atoms with Gasteiger partial charge in [0, 0.05) is 41.5 Å². The molecule has 8 heteroatoms. The molecule has 0 unspecified atom stereocenters. The third kappa shape index (κ3) is 2.35. The quantitative estimate of drug-likeness (QED) is 0.778. The second-order valence-corrected chi connectivity index (χ2v) is 7.90. The first-order valence-electron chi connectivity index (χ1n) is 5.82. The van der Waals surface area contributed by atoms with Crippen molar-refractivity contribution in [1.82, 2.24) is 4.31 Å². The van der Waals surface area contributed by atoms with E-state index in [0.29, 0.717) is 36.1 Å². The summed E-state index contributed by atoms with van der Waals surface area (Å²) >= 11 is 0. The number of sulfonamides is 1. The molecule has 0 bridgehead atoms. The smallest absolute Gasteiger partial charge is 0.243 e. The summed E-state index contributed by atoms with van der Waals surface area (Å²) in [6.07, 6.45) is 0. The molecule has 2 aliphatic heterocycles. The van der Waals surface area contributed by atoms with E-state index in [9.17, 15) is 12.6 Å². The van der Waals surface area contributed by atoms with E-state index in [1.807, 2.05) is 0 Å². The Labute approximate surface area is 113 Å². The van der Waals surface area contributed by atoms with E-state index in [2.05, 4.69) is 0 Å². The molecular formula is C11H13NO5S2. The second kappa shape index (κ2) is 4.77. The Morgan fingerprint density at radius 1 is 1.11 bits per heavy atom. The Morgan fingerprint density at radius 3 is 2.53 bits per heavy atom. The predicted octanol–water partition coefficient (Wildman–Crippen LogP) is 0.168. The zero-order valence-corrected chi connectivity index (χ0v) is 11.7. The highest BCUT2D eigenvalue weighted by molar-refractivity contribution is 7.89. The first-order valence-corrected chi connectivity index (χ1v) is 8.75. The molecule has 0 aromatic heterocycles. The van der Waals surface area contributed by atoms with Gasteiger partial charge in [-0.25, -0.2) is 8.42 Å². The van der Waals surface area contributed by atoms with Crippen molar-refractivity contribution < 1.29 is 22.1 Å². The summed E-state index contributed by atoms with van der Waals surface area (Å²) in [5.41, 5.74) is 0. The van der Waals surface area contributed by atoms with Gasteiger partial charge in [-0.05, 0) is 12.1 Å². The maximum atomic E-state index is 12.4. The van der Waals surface area contributed by atoms with E-state index in [1.54, 1.807) is 6.07 Å². The van der Waals surface area contributed by atoms with Crippen molar-refractivity contribution in [2.45, 2.75) is 4.90 Å². The average molecular weight is 303 g/mol. The van der Waals surface area contributed by atoms with Gasteiger partial charge < -0.3 is 9.47 Å². The van der Waals surface area contributed by atoms with Gasteiger partial charge in [0.2, 0.25) is 16.8 Å².